The molecule has 4 nitrogen and oxygen atoms in total. The molecule has 0 saturated carbocycles. The van der Waals surface area contributed by atoms with E-state index < -0.39 is 0 Å². The molecule has 24 heavy (non-hydrogen) atoms. The summed E-state index contributed by atoms with van der Waals surface area (Å²) in [5.41, 5.74) is 2.49. The normalized spacial score (nSPS) is 16.3. The van der Waals surface area contributed by atoms with Crippen LogP contribution in [0.15, 0.2) is 23.1 Å². The molecule has 1 heterocycles. The second-order valence-corrected chi connectivity index (χ2v) is 7.89. The van der Waals surface area contributed by atoms with E-state index in [0.29, 0.717) is 5.75 Å². The van der Waals surface area contributed by atoms with Gasteiger partial charge in [0.05, 0.1) is 5.75 Å². The van der Waals surface area contributed by atoms with Gasteiger partial charge in [0, 0.05) is 44.7 Å². The largest absolute Gasteiger partial charge is 0.345 e. The van der Waals surface area contributed by atoms with Crippen molar-refractivity contribution in [2.24, 2.45) is 0 Å². The van der Waals surface area contributed by atoms with Crippen LogP contribution in [-0.2, 0) is 4.79 Å². The number of rotatable bonds is 7. The number of hydrogen-bond acceptors (Lipinski definition) is 4. The third-order valence-corrected chi connectivity index (χ3v) is 5.83. The summed E-state index contributed by atoms with van der Waals surface area (Å²) in [6.45, 7) is 10.7. The SMILES string of the molecule is Cc1ccc(C)c(SCC(=O)N(C)CCCN2CCN(C)CC2)c1. The van der Waals surface area contributed by atoms with Gasteiger partial charge >= 0.3 is 0 Å². The van der Waals surface area contributed by atoms with Crippen molar-refractivity contribution in [2.75, 3.05) is 59.1 Å². The first-order valence-corrected chi connectivity index (χ1v) is 9.79. The van der Waals surface area contributed by atoms with Gasteiger partial charge in [-0.25, -0.2) is 0 Å². The molecule has 0 unspecified atom stereocenters. The molecule has 2 rings (SSSR count). The Morgan fingerprint density at radius 2 is 1.92 bits per heavy atom. The monoisotopic (exact) mass is 349 g/mol. The molecule has 1 aromatic carbocycles. The molecule has 1 aromatic rings. The van der Waals surface area contributed by atoms with E-state index in [1.54, 1.807) is 11.8 Å². The average molecular weight is 350 g/mol. The first-order valence-electron chi connectivity index (χ1n) is 8.80. The van der Waals surface area contributed by atoms with E-state index in [9.17, 15) is 4.79 Å². The highest BCUT2D eigenvalue weighted by Gasteiger charge is 2.14. The van der Waals surface area contributed by atoms with Gasteiger partial charge in [0.15, 0.2) is 0 Å². The van der Waals surface area contributed by atoms with E-state index in [1.165, 1.54) is 16.0 Å². The van der Waals surface area contributed by atoms with Gasteiger partial charge < -0.3 is 14.7 Å². The minimum absolute atomic E-state index is 0.222. The lowest BCUT2D eigenvalue weighted by atomic mass is 10.2. The first kappa shape index (κ1) is 19.3. The minimum atomic E-state index is 0.222. The van der Waals surface area contributed by atoms with Gasteiger partial charge in [0.2, 0.25) is 5.91 Å². The van der Waals surface area contributed by atoms with E-state index >= 15 is 0 Å². The number of aryl methyl sites for hydroxylation is 2. The highest BCUT2D eigenvalue weighted by molar-refractivity contribution is 8.00. The van der Waals surface area contributed by atoms with Crippen LogP contribution in [0, 0.1) is 13.8 Å². The maximum atomic E-state index is 12.3. The molecule has 1 fully saturated rings. The Bertz CT molecular complexity index is 541. The van der Waals surface area contributed by atoms with E-state index in [0.717, 1.165) is 45.7 Å². The molecule has 0 N–H and O–H groups in total. The smallest absolute Gasteiger partial charge is 0.232 e. The molecule has 0 bridgehead atoms. The average Bonchev–Trinajstić information content (AvgIpc) is 2.57. The van der Waals surface area contributed by atoms with Gasteiger partial charge in [-0.05, 0) is 45.5 Å². The fraction of sp³-hybridized carbons (Fsp3) is 0.632. The van der Waals surface area contributed by atoms with E-state index in [4.69, 9.17) is 0 Å². The maximum absolute atomic E-state index is 12.3. The minimum Gasteiger partial charge on any atom is -0.345 e. The summed E-state index contributed by atoms with van der Waals surface area (Å²) >= 11 is 1.65. The fourth-order valence-electron chi connectivity index (χ4n) is 2.84. The van der Waals surface area contributed by atoms with Crippen molar-refractivity contribution >= 4 is 17.7 Å². The summed E-state index contributed by atoms with van der Waals surface area (Å²) in [7, 11) is 4.10. The predicted octanol–water partition coefficient (Wildman–Crippen LogP) is 2.49. The zero-order valence-corrected chi connectivity index (χ0v) is 16.4. The van der Waals surface area contributed by atoms with Gasteiger partial charge in [0.1, 0.15) is 0 Å². The highest BCUT2D eigenvalue weighted by atomic mass is 32.2. The Kier molecular flexibility index (Phi) is 7.59. The van der Waals surface area contributed by atoms with Crippen molar-refractivity contribution in [3.05, 3.63) is 29.3 Å². The van der Waals surface area contributed by atoms with Crippen LogP contribution in [0.25, 0.3) is 0 Å². The molecule has 134 valence electrons. The Morgan fingerprint density at radius 1 is 1.21 bits per heavy atom. The number of likely N-dealkylation sites (N-methyl/N-ethyl adjacent to an activating group) is 1. The Hall–Kier alpha value is -1.04. The third-order valence-electron chi connectivity index (χ3n) is 4.68. The van der Waals surface area contributed by atoms with Crippen molar-refractivity contribution < 1.29 is 4.79 Å². The van der Waals surface area contributed by atoms with E-state index in [-0.39, 0.29) is 5.91 Å². The van der Waals surface area contributed by atoms with E-state index in [1.807, 2.05) is 11.9 Å². The van der Waals surface area contributed by atoms with Crippen LogP contribution in [0.4, 0.5) is 0 Å². The molecule has 0 aliphatic carbocycles. The Labute approximate surface area is 151 Å². The van der Waals surface area contributed by atoms with Crippen LogP contribution < -0.4 is 0 Å². The molecular weight excluding hydrogens is 318 g/mol. The van der Waals surface area contributed by atoms with Crippen LogP contribution in [0.1, 0.15) is 17.5 Å². The second-order valence-electron chi connectivity index (χ2n) is 6.87. The topological polar surface area (TPSA) is 26.8 Å². The fourth-order valence-corrected chi connectivity index (χ4v) is 3.90. The molecule has 1 aliphatic rings. The summed E-state index contributed by atoms with van der Waals surface area (Å²) in [5.74, 6) is 0.745. The quantitative estimate of drug-likeness (QED) is 0.707. The second kappa shape index (κ2) is 9.44. The number of nitrogens with zero attached hydrogens (tertiary/aromatic N) is 3. The zero-order valence-electron chi connectivity index (χ0n) is 15.5. The van der Waals surface area contributed by atoms with Crippen LogP contribution in [0.3, 0.4) is 0 Å². The molecule has 0 spiro atoms. The lowest BCUT2D eigenvalue weighted by molar-refractivity contribution is -0.127. The van der Waals surface area contributed by atoms with Crippen LogP contribution in [0.5, 0.6) is 0 Å². The molecule has 0 atom stereocenters. The Balaban J connectivity index is 1.67. The highest BCUT2D eigenvalue weighted by Crippen LogP contribution is 2.23. The standard InChI is InChI=1S/C19H31N3OS/c1-16-6-7-17(2)18(14-16)24-15-19(23)21(4)8-5-9-22-12-10-20(3)11-13-22/h6-7,14H,5,8-13,15H2,1-4H3. The maximum Gasteiger partial charge on any atom is 0.232 e. The molecular formula is C19H31N3OS. The molecule has 1 amide bonds. The summed E-state index contributed by atoms with van der Waals surface area (Å²) in [6.07, 6.45) is 1.06. The number of carbonyl (C=O) groups excluding carboxylic acids is 1. The van der Waals surface area contributed by atoms with Crippen molar-refractivity contribution in [3.8, 4) is 0 Å². The summed E-state index contributed by atoms with van der Waals surface area (Å²) in [5, 5.41) is 0. The van der Waals surface area contributed by atoms with Crippen LogP contribution in [0.2, 0.25) is 0 Å². The van der Waals surface area contributed by atoms with Gasteiger partial charge in [-0.15, -0.1) is 11.8 Å². The molecule has 1 saturated heterocycles. The van der Waals surface area contributed by atoms with Crippen LogP contribution in [-0.4, -0.2) is 79.7 Å². The van der Waals surface area contributed by atoms with Crippen molar-refractivity contribution in [1.82, 2.24) is 14.7 Å². The number of hydrogen-bond donors (Lipinski definition) is 0. The van der Waals surface area contributed by atoms with Crippen LogP contribution >= 0.6 is 11.8 Å². The Morgan fingerprint density at radius 3 is 2.62 bits per heavy atom. The number of benzene rings is 1. The van der Waals surface area contributed by atoms with Gasteiger partial charge in [-0.2, -0.15) is 0 Å². The van der Waals surface area contributed by atoms with Crippen molar-refractivity contribution in [3.63, 3.8) is 0 Å². The predicted molar refractivity (Wildman–Crippen MR) is 103 cm³/mol. The van der Waals surface area contributed by atoms with Crippen molar-refractivity contribution in [2.45, 2.75) is 25.2 Å². The third kappa shape index (κ3) is 6.11. The number of thioether (sulfide) groups is 1. The summed E-state index contributed by atoms with van der Waals surface area (Å²) in [4.78, 5) is 20.3. The zero-order chi connectivity index (χ0) is 17.5. The number of piperazine rings is 1. The van der Waals surface area contributed by atoms with Gasteiger partial charge in [-0.3, -0.25) is 4.79 Å². The lowest BCUT2D eigenvalue weighted by Crippen LogP contribution is -2.45. The number of amides is 1. The lowest BCUT2D eigenvalue weighted by Gasteiger charge is -2.32. The van der Waals surface area contributed by atoms with Gasteiger partial charge in [0.25, 0.3) is 0 Å². The van der Waals surface area contributed by atoms with Gasteiger partial charge in [-0.1, -0.05) is 17.7 Å². The summed E-state index contributed by atoms with van der Waals surface area (Å²) in [6, 6.07) is 6.41. The molecule has 5 heteroatoms. The van der Waals surface area contributed by atoms with E-state index in [2.05, 4.69) is 48.9 Å². The number of carbonyl (C=O) groups is 1. The van der Waals surface area contributed by atoms with Crippen molar-refractivity contribution in [1.29, 1.82) is 0 Å². The molecule has 1 aliphatic heterocycles. The molecule has 0 radical (unpaired) electrons. The molecule has 0 aromatic heterocycles. The summed E-state index contributed by atoms with van der Waals surface area (Å²) < 4.78 is 0. The first-order chi connectivity index (χ1) is 11.5.